The Morgan fingerprint density at radius 1 is 1.07 bits per heavy atom. The van der Waals surface area contributed by atoms with Gasteiger partial charge < -0.3 is 4.74 Å². The topological polar surface area (TPSA) is 47.6 Å². The maximum Gasteiger partial charge on any atom is 0.307 e. The van der Waals surface area contributed by atoms with Gasteiger partial charge in [-0.3, -0.25) is 9.63 Å². The molecule has 0 aromatic heterocycles. The Hall–Kier alpha value is -0.610. The van der Waals surface area contributed by atoms with Crippen molar-refractivity contribution >= 4 is 5.97 Å². The van der Waals surface area contributed by atoms with Crippen molar-refractivity contribution < 1.29 is 14.4 Å². The highest BCUT2D eigenvalue weighted by atomic mass is 16.7. The van der Waals surface area contributed by atoms with E-state index in [0.29, 0.717) is 13.0 Å². The van der Waals surface area contributed by atoms with Crippen molar-refractivity contribution in [1.29, 1.82) is 0 Å². The Labute approximate surface area is 92.3 Å². The van der Waals surface area contributed by atoms with Gasteiger partial charge in [-0.15, -0.1) is 0 Å². The summed E-state index contributed by atoms with van der Waals surface area (Å²) < 4.78 is 5.14. The highest BCUT2D eigenvalue weighted by Crippen LogP contribution is 2.08. The van der Waals surface area contributed by atoms with Gasteiger partial charge in [0.1, 0.15) is 5.60 Å². The van der Waals surface area contributed by atoms with Gasteiger partial charge in [-0.2, -0.15) is 0 Å². The van der Waals surface area contributed by atoms with Crippen LogP contribution >= 0.6 is 0 Å². The number of nitrogens with one attached hydrogen (secondary N) is 1. The highest BCUT2D eigenvalue weighted by molar-refractivity contribution is 5.70. The average Bonchev–Trinajstić information content (AvgIpc) is 1.92. The van der Waals surface area contributed by atoms with Gasteiger partial charge in [0, 0.05) is 6.54 Å². The third-order valence-corrected chi connectivity index (χ3v) is 1.23. The van der Waals surface area contributed by atoms with Gasteiger partial charge in [0.05, 0.1) is 12.0 Å². The molecule has 0 rings (SSSR count). The molecule has 0 aromatic carbocycles. The van der Waals surface area contributed by atoms with Crippen LogP contribution < -0.4 is 5.48 Å². The molecule has 4 heteroatoms. The predicted octanol–water partition coefficient (Wildman–Crippen LogP) is 2.04. The third-order valence-electron chi connectivity index (χ3n) is 1.23. The maximum atomic E-state index is 11.3. The standard InChI is InChI=1S/C11H23NO3/c1-10(2,3)14-9(13)7-8-12-15-11(4,5)6/h12H,7-8H2,1-6H3. The molecule has 0 spiro atoms. The van der Waals surface area contributed by atoms with E-state index in [-0.39, 0.29) is 11.6 Å². The van der Waals surface area contributed by atoms with Gasteiger partial charge in [-0.25, -0.2) is 5.48 Å². The molecule has 0 heterocycles. The molecular formula is C11H23NO3. The van der Waals surface area contributed by atoms with Crippen LogP contribution in [0, 0.1) is 0 Å². The Morgan fingerprint density at radius 3 is 2.00 bits per heavy atom. The predicted molar refractivity (Wildman–Crippen MR) is 59.3 cm³/mol. The Bertz CT molecular complexity index is 201. The Kier molecular flexibility index (Phi) is 5.24. The van der Waals surface area contributed by atoms with Crippen LogP contribution in [0.15, 0.2) is 0 Å². The SMILES string of the molecule is CC(C)(C)ONCCC(=O)OC(C)(C)C. The molecule has 0 unspecified atom stereocenters. The van der Waals surface area contributed by atoms with Crippen molar-refractivity contribution in [2.45, 2.75) is 59.2 Å². The van der Waals surface area contributed by atoms with Crippen molar-refractivity contribution in [3.8, 4) is 0 Å². The van der Waals surface area contributed by atoms with E-state index in [1.807, 2.05) is 41.5 Å². The summed E-state index contributed by atoms with van der Waals surface area (Å²) in [5.74, 6) is -0.215. The van der Waals surface area contributed by atoms with Crippen molar-refractivity contribution in [2.24, 2.45) is 0 Å². The molecule has 0 bridgehead atoms. The van der Waals surface area contributed by atoms with E-state index in [1.165, 1.54) is 0 Å². The molecule has 0 aliphatic heterocycles. The third kappa shape index (κ3) is 11.3. The van der Waals surface area contributed by atoms with E-state index in [4.69, 9.17) is 9.57 Å². The van der Waals surface area contributed by atoms with E-state index in [0.717, 1.165) is 0 Å². The molecule has 15 heavy (non-hydrogen) atoms. The minimum Gasteiger partial charge on any atom is -0.460 e. The maximum absolute atomic E-state index is 11.3. The largest absolute Gasteiger partial charge is 0.460 e. The molecule has 0 aliphatic rings. The number of esters is 1. The summed E-state index contributed by atoms with van der Waals surface area (Å²) in [5.41, 5.74) is 2.08. The lowest BCUT2D eigenvalue weighted by molar-refractivity contribution is -0.156. The van der Waals surface area contributed by atoms with E-state index in [9.17, 15) is 4.79 Å². The summed E-state index contributed by atoms with van der Waals surface area (Å²) in [6.45, 7) is 11.8. The van der Waals surface area contributed by atoms with Crippen molar-refractivity contribution in [3.05, 3.63) is 0 Å². The minimum absolute atomic E-state index is 0.215. The molecule has 0 aliphatic carbocycles. The molecule has 0 atom stereocenters. The van der Waals surface area contributed by atoms with Crippen LogP contribution in [0.5, 0.6) is 0 Å². The molecule has 1 N–H and O–H groups in total. The lowest BCUT2D eigenvalue weighted by atomic mass is 10.2. The average molecular weight is 217 g/mol. The Morgan fingerprint density at radius 2 is 1.60 bits per heavy atom. The number of hydroxylamine groups is 1. The minimum atomic E-state index is -0.415. The number of hydrogen-bond acceptors (Lipinski definition) is 4. The molecule has 0 saturated carbocycles. The van der Waals surface area contributed by atoms with Crippen LogP contribution in [-0.2, 0) is 14.4 Å². The number of carbonyl (C=O) groups excluding carboxylic acids is 1. The second kappa shape index (κ2) is 5.47. The van der Waals surface area contributed by atoms with Crippen LogP contribution in [0.2, 0.25) is 0 Å². The highest BCUT2D eigenvalue weighted by Gasteiger charge is 2.16. The van der Waals surface area contributed by atoms with E-state index in [2.05, 4.69) is 5.48 Å². The second-order valence-electron chi connectivity index (χ2n) is 5.45. The fourth-order valence-corrected chi connectivity index (χ4v) is 0.813. The summed E-state index contributed by atoms with van der Waals surface area (Å²) >= 11 is 0. The van der Waals surface area contributed by atoms with E-state index < -0.39 is 5.60 Å². The van der Waals surface area contributed by atoms with Crippen molar-refractivity contribution in [2.75, 3.05) is 6.54 Å². The second-order valence-corrected chi connectivity index (χ2v) is 5.45. The molecule has 0 radical (unpaired) electrons. The van der Waals surface area contributed by atoms with Gasteiger partial charge in [-0.05, 0) is 41.5 Å². The Balaban J connectivity index is 3.57. The number of hydrogen-bond donors (Lipinski definition) is 1. The number of carbonyl (C=O) groups is 1. The zero-order valence-electron chi connectivity index (χ0n) is 10.6. The van der Waals surface area contributed by atoms with Gasteiger partial charge in [0.15, 0.2) is 0 Å². The fraction of sp³-hybridized carbons (Fsp3) is 0.909. The summed E-state index contributed by atoms with van der Waals surface area (Å²) in [7, 11) is 0. The van der Waals surface area contributed by atoms with Crippen LogP contribution in [0.3, 0.4) is 0 Å². The molecule has 0 fully saturated rings. The smallest absolute Gasteiger partial charge is 0.307 e. The van der Waals surface area contributed by atoms with Gasteiger partial charge >= 0.3 is 5.97 Å². The summed E-state index contributed by atoms with van der Waals surface area (Å²) in [5, 5.41) is 0. The number of ether oxygens (including phenoxy) is 1. The van der Waals surface area contributed by atoms with Gasteiger partial charge in [-0.1, -0.05) is 0 Å². The van der Waals surface area contributed by atoms with Gasteiger partial charge in [0.25, 0.3) is 0 Å². The first kappa shape index (κ1) is 14.4. The van der Waals surface area contributed by atoms with E-state index >= 15 is 0 Å². The molecule has 90 valence electrons. The molecular weight excluding hydrogens is 194 g/mol. The van der Waals surface area contributed by atoms with Crippen molar-refractivity contribution in [3.63, 3.8) is 0 Å². The normalized spacial score (nSPS) is 12.7. The first-order valence-electron chi connectivity index (χ1n) is 5.23. The molecule has 4 nitrogen and oxygen atoms in total. The zero-order chi connectivity index (χ0) is 12.1. The molecule has 0 amide bonds. The molecule has 0 aromatic rings. The molecule has 0 saturated heterocycles. The van der Waals surface area contributed by atoms with Crippen LogP contribution in [-0.4, -0.2) is 23.7 Å². The summed E-state index contributed by atoms with van der Waals surface area (Å²) in [6, 6.07) is 0. The fourth-order valence-electron chi connectivity index (χ4n) is 0.813. The quantitative estimate of drug-likeness (QED) is 0.445. The lowest BCUT2D eigenvalue weighted by Crippen LogP contribution is -2.32. The lowest BCUT2D eigenvalue weighted by Gasteiger charge is -2.21. The van der Waals surface area contributed by atoms with Crippen LogP contribution in [0.25, 0.3) is 0 Å². The summed E-state index contributed by atoms with van der Waals surface area (Å²) in [4.78, 5) is 16.5. The monoisotopic (exact) mass is 217 g/mol. The summed E-state index contributed by atoms with van der Waals surface area (Å²) in [6.07, 6.45) is 0.313. The van der Waals surface area contributed by atoms with Gasteiger partial charge in [0.2, 0.25) is 0 Å². The number of rotatable bonds is 4. The zero-order valence-corrected chi connectivity index (χ0v) is 10.6. The van der Waals surface area contributed by atoms with Crippen LogP contribution in [0.4, 0.5) is 0 Å². The first-order valence-corrected chi connectivity index (χ1v) is 5.23. The van der Waals surface area contributed by atoms with Crippen molar-refractivity contribution in [1.82, 2.24) is 5.48 Å². The van der Waals surface area contributed by atoms with Crippen LogP contribution in [0.1, 0.15) is 48.0 Å². The first-order chi connectivity index (χ1) is 6.60. The van der Waals surface area contributed by atoms with E-state index in [1.54, 1.807) is 0 Å².